The Kier molecular flexibility index (Phi) is 9.30. The maximum atomic E-state index is 10.7. The third-order valence-electron chi connectivity index (χ3n) is 5.18. The molecule has 7 nitrogen and oxygen atoms in total. The van der Waals surface area contributed by atoms with Crippen molar-refractivity contribution in [2.75, 3.05) is 26.2 Å². The van der Waals surface area contributed by atoms with Crippen molar-refractivity contribution in [2.24, 2.45) is 0 Å². The first-order chi connectivity index (χ1) is 14.7. The largest absolute Gasteiger partial charge is 0.508 e. The van der Waals surface area contributed by atoms with Gasteiger partial charge in [0.05, 0.1) is 11.2 Å². The molecule has 1 aliphatic rings. The van der Waals surface area contributed by atoms with Gasteiger partial charge in [0, 0.05) is 37.7 Å². The molecule has 168 valence electrons. The molecule has 2 aromatic rings. The molecule has 1 saturated heterocycles. The van der Waals surface area contributed by atoms with Gasteiger partial charge >= 0.3 is 11.4 Å². The van der Waals surface area contributed by atoms with Crippen LogP contribution in [0.15, 0.2) is 48.5 Å². The summed E-state index contributed by atoms with van der Waals surface area (Å²) in [6.45, 7) is 4.65. The monoisotopic (exact) mass is 449 g/mol. The maximum absolute atomic E-state index is 10.7. The Morgan fingerprint density at radius 3 is 2.16 bits per heavy atom. The summed E-state index contributed by atoms with van der Waals surface area (Å²) in [6.07, 6.45) is 2.16. The van der Waals surface area contributed by atoms with Crippen LogP contribution >= 0.6 is 11.6 Å². The summed E-state index contributed by atoms with van der Waals surface area (Å²) >= 11 is 5.12. The Labute approximate surface area is 186 Å². The van der Waals surface area contributed by atoms with Gasteiger partial charge in [-0.3, -0.25) is 4.90 Å². The second kappa shape index (κ2) is 11.7. The summed E-state index contributed by atoms with van der Waals surface area (Å²) < 4.78 is 4.73. The van der Waals surface area contributed by atoms with Crippen LogP contribution in [0.3, 0.4) is 0 Å². The summed E-state index contributed by atoms with van der Waals surface area (Å²) in [5.41, 5.74) is 1.19. The molecule has 0 radical (unpaired) electrons. The first kappa shape index (κ1) is 24.7. The average Bonchev–Trinajstić information content (AvgIpc) is 2.72. The van der Waals surface area contributed by atoms with E-state index in [1.54, 1.807) is 0 Å². The summed E-state index contributed by atoms with van der Waals surface area (Å²) in [6, 6.07) is 13.7. The third-order valence-corrected chi connectivity index (χ3v) is 5.29. The van der Waals surface area contributed by atoms with Gasteiger partial charge in [0.2, 0.25) is 0 Å². The highest BCUT2D eigenvalue weighted by atomic mass is 35.5. The van der Waals surface area contributed by atoms with E-state index in [2.05, 4.69) is 36.1 Å². The summed E-state index contributed by atoms with van der Waals surface area (Å²) in [5.74, 6) is -0.912. The van der Waals surface area contributed by atoms with Gasteiger partial charge in [-0.25, -0.2) is 9.59 Å². The molecule has 3 N–H and O–H groups in total. The number of carboxylic acid groups (broad SMARTS) is 1. The number of aliphatic hydroxyl groups is 1. The smallest absolute Gasteiger partial charge is 0.403 e. The van der Waals surface area contributed by atoms with E-state index in [1.165, 1.54) is 35.4 Å². The van der Waals surface area contributed by atoms with Crippen molar-refractivity contribution in [2.45, 2.75) is 31.8 Å². The lowest BCUT2D eigenvalue weighted by molar-refractivity contribution is -0.0234. The van der Waals surface area contributed by atoms with Gasteiger partial charge in [-0.2, -0.15) is 0 Å². The van der Waals surface area contributed by atoms with E-state index < -0.39 is 17.0 Å². The van der Waals surface area contributed by atoms with Crippen LogP contribution in [0.2, 0.25) is 0 Å². The number of halogens is 1. The Morgan fingerprint density at radius 1 is 1.06 bits per heavy atom. The van der Waals surface area contributed by atoms with Crippen LogP contribution in [0.1, 0.15) is 34.3 Å². The molecule has 0 aromatic heterocycles. The van der Waals surface area contributed by atoms with E-state index in [-0.39, 0.29) is 11.3 Å². The van der Waals surface area contributed by atoms with E-state index in [9.17, 15) is 14.7 Å². The lowest BCUT2D eigenvalue weighted by Gasteiger charge is -2.38. The number of carbonyl (C=O) groups excluding carboxylic acids is 1. The highest BCUT2D eigenvalue weighted by Crippen LogP contribution is 2.26. The van der Waals surface area contributed by atoms with Gasteiger partial charge in [-0.05, 0) is 49.6 Å². The Morgan fingerprint density at radius 2 is 1.65 bits per heavy atom. The zero-order chi connectivity index (χ0) is 22.9. The fourth-order valence-electron chi connectivity index (χ4n) is 3.31. The summed E-state index contributed by atoms with van der Waals surface area (Å²) in [7, 11) is 0. The molecule has 0 spiro atoms. The molecule has 1 aliphatic heterocycles. The van der Waals surface area contributed by atoms with Crippen molar-refractivity contribution >= 4 is 23.0 Å². The molecule has 1 fully saturated rings. The van der Waals surface area contributed by atoms with Crippen molar-refractivity contribution in [3.05, 3.63) is 65.2 Å². The lowest BCUT2D eigenvalue weighted by atomic mass is 9.85. The first-order valence-corrected chi connectivity index (χ1v) is 10.4. The number of phenolic OH excluding ortho intramolecular Hbond substituents is 1. The number of aromatic carboxylic acids is 1. The van der Waals surface area contributed by atoms with Crippen molar-refractivity contribution in [1.82, 2.24) is 4.90 Å². The van der Waals surface area contributed by atoms with E-state index >= 15 is 0 Å². The molecule has 0 atom stereocenters. The third kappa shape index (κ3) is 8.96. The zero-order valence-corrected chi connectivity index (χ0v) is 18.2. The summed E-state index contributed by atoms with van der Waals surface area (Å²) in [5, 5.41) is 27.8. The lowest BCUT2D eigenvalue weighted by Crippen LogP contribution is -2.46. The van der Waals surface area contributed by atoms with Crippen LogP contribution in [0, 0.1) is 6.92 Å². The number of hydrogen-bond donors (Lipinski definition) is 3. The maximum Gasteiger partial charge on any atom is 0.403 e. The van der Waals surface area contributed by atoms with Crippen LogP contribution in [0.5, 0.6) is 5.75 Å². The molecule has 1 heterocycles. The number of aromatic hydroxyl groups is 1. The van der Waals surface area contributed by atoms with Crippen LogP contribution in [-0.2, 0) is 11.2 Å². The number of carboxylic acids is 1. The number of carbonyl (C=O) groups is 2. The van der Waals surface area contributed by atoms with Crippen molar-refractivity contribution in [3.8, 4) is 5.75 Å². The number of ether oxygens (including phenoxy) is 1. The predicted molar refractivity (Wildman–Crippen MR) is 118 cm³/mol. The van der Waals surface area contributed by atoms with Gasteiger partial charge in [0.1, 0.15) is 12.4 Å². The van der Waals surface area contributed by atoms with E-state index in [0.29, 0.717) is 19.6 Å². The quantitative estimate of drug-likeness (QED) is 0.575. The Balaban J connectivity index is 0.000000285. The number of hydrogen-bond acceptors (Lipinski definition) is 6. The molecular formula is C23H28ClNO6. The second-order valence-electron chi connectivity index (χ2n) is 7.67. The number of piperidine rings is 1. The molecule has 0 saturated carbocycles. The van der Waals surface area contributed by atoms with Crippen molar-refractivity contribution < 1.29 is 29.6 Å². The molecular weight excluding hydrogens is 422 g/mol. The van der Waals surface area contributed by atoms with Crippen LogP contribution < -0.4 is 0 Å². The fourth-order valence-corrected chi connectivity index (χ4v) is 3.39. The average molecular weight is 450 g/mol. The molecule has 0 unspecified atom stereocenters. The van der Waals surface area contributed by atoms with Gasteiger partial charge in [-0.1, -0.05) is 29.8 Å². The number of nitrogens with zero attached hydrogens (tertiary/aromatic N) is 1. The van der Waals surface area contributed by atoms with Crippen LogP contribution in [0.25, 0.3) is 0 Å². The topological polar surface area (TPSA) is 107 Å². The van der Waals surface area contributed by atoms with Crippen LogP contribution in [-0.4, -0.2) is 63.5 Å². The van der Waals surface area contributed by atoms with Crippen molar-refractivity contribution in [3.63, 3.8) is 0 Å². The van der Waals surface area contributed by atoms with E-state index in [4.69, 9.17) is 26.6 Å². The van der Waals surface area contributed by atoms with E-state index in [1.807, 2.05) is 0 Å². The predicted octanol–water partition coefficient (Wildman–Crippen LogP) is 3.83. The molecule has 3 rings (SSSR count). The first-order valence-electron chi connectivity index (χ1n) is 10.0. The SMILES string of the molecule is Cc1ccc(CC2(O)CCN(CCOC(=O)Cl)CC2)cc1.O=C(O)c1ccc(O)cc1. The standard InChI is InChI=1S/C16H22ClNO3.C7H6O3/c1-13-2-4-14(5-3-13)12-16(20)6-8-18(9-7-16)10-11-21-15(17)19;8-6-3-1-5(2-4-6)7(9)10/h2-5,20H,6-12H2,1H3;1-4,8H,(H,9,10). The molecule has 0 amide bonds. The summed E-state index contributed by atoms with van der Waals surface area (Å²) in [4.78, 5) is 22.9. The van der Waals surface area contributed by atoms with Gasteiger partial charge in [-0.15, -0.1) is 0 Å². The normalized spacial score (nSPS) is 15.5. The van der Waals surface area contributed by atoms with Gasteiger partial charge < -0.3 is 20.1 Å². The minimum atomic E-state index is -0.986. The number of aryl methyl sites for hydroxylation is 1. The molecule has 0 bridgehead atoms. The molecule has 2 aromatic carbocycles. The van der Waals surface area contributed by atoms with Gasteiger partial charge in [0.15, 0.2) is 0 Å². The van der Waals surface area contributed by atoms with Crippen LogP contribution in [0.4, 0.5) is 4.79 Å². The minimum absolute atomic E-state index is 0.0741. The molecule has 8 heteroatoms. The second-order valence-corrected chi connectivity index (χ2v) is 7.98. The number of likely N-dealkylation sites (tertiary alicyclic amines) is 1. The Hall–Kier alpha value is -2.61. The number of rotatable bonds is 6. The fraction of sp³-hybridized carbons (Fsp3) is 0.391. The highest BCUT2D eigenvalue weighted by molar-refractivity contribution is 6.61. The number of phenols is 1. The minimum Gasteiger partial charge on any atom is -0.508 e. The Bertz CT molecular complexity index is 845. The molecule has 31 heavy (non-hydrogen) atoms. The van der Waals surface area contributed by atoms with E-state index in [0.717, 1.165) is 25.9 Å². The zero-order valence-electron chi connectivity index (χ0n) is 17.5. The van der Waals surface area contributed by atoms with Crippen molar-refractivity contribution in [1.29, 1.82) is 0 Å². The number of benzene rings is 2. The van der Waals surface area contributed by atoms with Gasteiger partial charge in [0.25, 0.3) is 0 Å². The molecule has 0 aliphatic carbocycles. The highest BCUT2D eigenvalue weighted by Gasteiger charge is 2.32.